The van der Waals surface area contributed by atoms with Gasteiger partial charge in [0, 0.05) is 32.2 Å². The maximum Gasteiger partial charge on any atom is 0.141 e. The molecule has 0 aliphatic carbocycles. The van der Waals surface area contributed by atoms with Crippen LogP contribution in [0.5, 0.6) is 0 Å². The number of morpholine rings is 1. The second-order valence-corrected chi connectivity index (χ2v) is 5.26. The standard InChI is InChI=1S/C13H16ClFN2O/c14-11-5-9(1-2-12(11)15)13-7-17-4-3-16-6-10(17)8-18-13/h1-2,5,10,13,16H,3-4,6-8H2/t10-,13-/m0/s1. The Bertz CT molecular complexity index is 443. The lowest BCUT2D eigenvalue weighted by Gasteiger charge is -2.42. The summed E-state index contributed by atoms with van der Waals surface area (Å²) in [5.41, 5.74) is 0.957. The Hall–Kier alpha value is -0.680. The maximum atomic E-state index is 13.1. The van der Waals surface area contributed by atoms with Crippen molar-refractivity contribution in [2.45, 2.75) is 12.1 Å². The highest BCUT2D eigenvalue weighted by Crippen LogP contribution is 2.28. The van der Waals surface area contributed by atoms with Crippen LogP contribution >= 0.6 is 11.6 Å². The van der Waals surface area contributed by atoms with Gasteiger partial charge < -0.3 is 10.1 Å². The minimum absolute atomic E-state index is 0.00236. The Morgan fingerprint density at radius 3 is 3.17 bits per heavy atom. The van der Waals surface area contributed by atoms with Crippen LogP contribution in [0.1, 0.15) is 11.7 Å². The topological polar surface area (TPSA) is 24.5 Å². The van der Waals surface area contributed by atoms with Crippen molar-refractivity contribution in [2.75, 3.05) is 32.8 Å². The highest BCUT2D eigenvalue weighted by atomic mass is 35.5. The SMILES string of the molecule is Fc1ccc([C@@H]2CN3CCNC[C@H]3CO2)cc1Cl. The Balaban J connectivity index is 1.75. The number of hydrogen-bond donors (Lipinski definition) is 1. The first-order valence-electron chi connectivity index (χ1n) is 6.25. The normalized spacial score (nSPS) is 29.0. The molecule has 0 bridgehead atoms. The fourth-order valence-electron chi connectivity index (χ4n) is 2.61. The summed E-state index contributed by atoms with van der Waals surface area (Å²) in [6.45, 7) is 4.62. The molecule has 0 saturated carbocycles. The van der Waals surface area contributed by atoms with E-state index in [9.17, 15) is 4.39 Å². The summed E-state index contributed by atoms with van der Waals surface area (Å²) in [4.78, 5) is 2.43. The van der Waals surface area contributed by atoms with Gasteiger partial charge in [0.2, 0.25) is 0 Å². The van der Waals surface area contributed by atoms with Gasteiger partial charge in [-0.2, -0.15) is 0 Å². The fraction of sp³-hybridized carbons (Fsp3) is 0.538. The molecule has 2 fully saturated rings. The van der Waals surface area contributed by atoms with Crippen LogP contribution in [-0.2, 0) is 4.74 Å². The summed E-state index contributed by atoms with van der Waals surface area (Å²) in [5, 5.41) is 3.53. The molecule has 2 aliphatic rings. The molecule has 98 valence electrons. The van der Waals surface area contributed by atoms with Crippen molar-refractivity contribution < 1.29 is 9.13 Å². The quantitative estimate of drug-likeness (QED) is 0.843. The summed E-state index contributed by atoms with van der Waals surface area (Å²) in [5.74, 6) is -0.378. The van der Waals surface area contributed by atoms with Gasteiger partial charge >= 0.3 is 0 Å². The Morgan fingerprint density at radius 2 is 2.33 bits per heavy atom. The number of halogens is 2. The molecule has 2 heterocycles. The number of nitrogens with one attached hydrogen (secondary N) is 1. The number of ether oxygens (including phenoxy) is 1. The Kier molecular flexibility index (Phi) is 3.52. The first-order chi connectivity index (χ1) is 8.74. The molecule has 18 heavy (non-hydrogen) atoms. The second kappa shape index (κ2) is 5.13. The number of nitrogens with zero attached hydrogens (tertiary/aromatic N) is 1. The average Bonchev–Trinajstić information content (AvgIpc) is 2.41. The minimum atomic E-state index is -0.378. The van der Waals surface area contributed by atoms with Crippen molar-refractivity contribution in [3.63, 3.8) is 0 Å². The largest absolute Gasteiger partial charge is 0.371 e. The van der Waals surface area contributed by atoms with Gasteiger partial charge in [-0.3, -0.25) is 4.90 Å². The van der Waals surface area contributed by atoms with E-state index >= 15 is 0 Å². The van der Waals surface area contributed by atoms with Gasteiger partial charge in [0.25, 0.3) is 0 Å². The highest BCUT2D eigenvalue weighted by Gasteiger charge is 2.31. The monoisotopic (exact) mass is 270 g/mol. The van der Waals surface area contributed by atoms with Gasteiger partial charge in [0.1, 0.15) is 5.82 Å². The summed E-state index contributed by atoms with van der Waals surface area (Å²) < 4.78 is 19.0. The van der Waals surface area contributed by atoms with E-state index in [-0.39, 0.29) is 16.9 Å². The van der Waals surface area contributed by atoms with Crippen molar-refractivity contribution in [3.8, 4) is 0 Å². The molecule has 1 aromatic carbocycles. The zero-order valence-corrected chi connectivity index (χ0v) is 10.8. The molecule has 0 amide bonds. The smallest absolute Gasteiger partial charge is 0.141 e. The predicted octanol–water partition coefficient (Wildman–Crippen LogP) is 1.82. The van der Waals surface area contributed by atoms with E-state index in [1.54, 1.807) is 12.1 Å². The molecule has 5 heteroatoms. The third-order valence-electron chi connectivity index (χ3n) is 3.68. The number of piperazine rings is 1. The zero-order chi connectivity index (χ0) is 12.5. The van der Waals surface area contributed by atoms with E-state index in [0.717, 1.165) is 31.7 Å². The average molecular weight is 271 g/mol. The van der Waals surface area contributed by atoms with E-state index in [1.165, 1.54) is 6.07 Å². The predicted molar refractivity (Wildman–Crippen MR) is 68.3 cm³/mol. The molecule has 0 radical (unpaired) electrons. The third kappa shape index (κ3) is 2.38. The number of fused-ring (bicyclic) bond motifs is 1. The lowest BCUT2D eigenvalue weighted by Crippen LogP contribution is -2.57. The minimum Gasteiger partial charge on any atom is -0.371 e. The van der Waals surface area contributed by atoms with E-state index in [0.29, 0.717) is 12.6 Å². The Labute approximate surface area is 111 Å². The third-order valence-corrected chi connectivity index (χ3v) is 3.97. The Morgan fingerprint density at radius 1 is 1.44 bits per heavy atom. The van der Waals surface area contributed by atoms with Crippen molar-refractivity contribution in [2.24, 2.45) is 0 Å². The molecule has 3 rings (SSSR count). The molecule has 0 aromatic heterocycles. The van der Waals surface area contributed by atoms with Crippen LogP contribution in [0.4, 0.5) is 4.39 Å². The van der Waals surface area contributed by atoms with Gasteiger partial charge in [-0.05, 0) is 17.7 Å². The first kappa shape index (κ1) is 12.4. The molecule has 2 aliphatic heterocycles. The van der Waals surface area contributed by atoms with Crippen LogP contribution in [-0.4, -0.2) is 43.7 Å². The van der Waals surface area contributed by atoms with Crippen molar-refractivity contribution in [1.29, 1.82) is 0 Å². The molecule has 1 aromatic rings. The molecule has 2 atom stereocenters. The summed E-state index contributed by atoms with van der Waals surface area (Å²) in [6.07, 6.45) is -0.00236. The fourth-order valence-corrected chi connectivity index (χ4v) is 2.80. The van der Waals surface area contributed by atoms with E-state index in [2.05, 4.69) is 10.2 Å². The lowest BCUT2D eigenvalue weighted by atomic mass is 10.0. The van der Waals surface area contributed by atoms with Gasteiger partial charge in [0.15, 0.2) is 0 Å². The van der Waals surface area contributed by atoms with E-state index in [4.69, 9.17) is 16.3 Å². The number of hydrogen-bond acceptors (Lipinski definition) is 3. The summed E-state index contributed by atoms with van der Waals surface area (Å²) in [7, 11) is 0. The van der Waals surface area contributed by atoms with Gasteiger partial charge in [-0.15, -0.1) is 0 Å². The maximum absolute atomic E-state index is 13.1. The second-order valence-electron chi connectivity index (χ2n) is 4.85. The summed E-state index contributed by atoms with van der Waals surface area (Å²) >= 11 is 5.82. The van der Waals surface area contributed by atoms with E-state index in [1.807, 2.05) is 0 Å². The first-order valence-corrected chi connectivity index (χ1v) is 6.63. The highest BCUT2D eigenvalue weighted by molar-refractivity contribution is 6.30. The van der Waals surface area contributed by atoms with Gasteiger partial charge in [-0.25, -0.2) is 4.39 Å². The van der Waals surface area contributed by atoms with Crippen LogP contribution < -0.4 is 5.32 Å². The van der Waals surface area contributed by atoms with Gasteiger partial charge in [0.05, 0.1) is 17.7 Å². The number of benzene rings is 1. The number of rotatable bonds is 1. The lowest BCUT2D eigenvalue weighted by molar-refractivity contribution is -0.0717. The van der Waals surface area contributed by atoms with Crippen LogP contribution in [0.2, 0.25) is 5.02 Å². The summed E-state index contributed by atoms with van der Waals surface area (Å²) in [6, 6.07) is 5.30. The van der Waals surface area contributed by atoms with Crippen LogP contribution in [0.15, 0.2) is 18.2 Å². The molecule has 0 unspecified atom stereocenters. The molecular formula is C13H16ClFN2O. The van der Waals surface area contributed by atoms with Gasteiger partial charge in [-0.1, -0.05) is 17.7 Å². The molecular weight excluding hydrogens is 255 g/mol. The van der Waals surface area contributed by atoms with E-state index < -0.39 is 0 Å². The molecule has 1 N–H and O–H groups in total. The van der Waals surface area contributed by atoms with Crippen molar-refractivity contribution in [3.05, 3.63) is 34.6 Å². The van der Waals surface area contributed by atoms with Crippen LogP contribution in [0.3, 0.4) is 0 Å². The molecule has 3 nitrogen and oxygen atoms in total. The molecule has 0 spiro atoms. The zero-order valence-electron chi connectivity index (χ0n) is 10.0. The van der Waals surface area contributed by atoms with Crippen molar-refractivity contribution >= 4 is 11.6 Å². The van der Waals surface area contributed by atoms with Crippen LogP contribution in [0.25, 0.3) is 0 Å². The van der Waals surface area contributed by atoms with Crippen LogP contribution in [0, 0.1) is 5.82 Å². The van der Waals surface area contributed by atoms with Crippen molar-refractivity contribution in [1.82, 2.24) is 10.2 Å². The molecule has 2 saturated heterocycles.